The average molecular weight is 339 g/mol. The number of Topliss-reactive ketones (excluding diaryl/α,β-unsaturated/α-hetero) is 1. The number of alkyl carbamates (subject to hydrolysis) is 1. The number of carbonyl (C=O) groups is 3. The van der Waals surface area contributed by atoms with Crippen LogP contribution in [-0.2, 0) is 20.7 Å². The lowest BCUT2D eigenvalue weighted by Gasteiger charge is -2.23. The Morgan fingerprint density at radius 2 is 1.92 bits per heavy atom. The molecule has 0 radical (unpaired) electrons. The average Bonchev–Trinajstić information content (AvgIpc) is 2.42. The third-order valence-corrected chi connectivity index (χ3v) is 2.99. The molecule has 1 aromatic carbocycles. The van der Waals surface area contributed by atoms with Crippen LogP contribution in [0.1, 0.15) is 39.2 Å². The highest BCUT2D eigenvalue weighted by Crippen LogP contribution is 2.11. The van der Waals surface area contributed by atoms with E-state index < -0.39 is 35.3 Å². The first-order valence-corrected chi connectivity index (χ1v) is 7.55. The van der Waals surface area contributed by atoms with E-state index in [0.29, 0.717) is 5.56 Å². The molecule has 0 aliphatic carbocycles. The van der Waals surface area contributed by atoms with Crippen LogP contribution in [0.2, 0.25) is 0 Å². The number of hydrogen-bond donors (Lipinski definition) is 2. The zero-order valence-electron chi connectivity index (χ0n) is 14.0. The fourth-order valence-corrected chi connectivity index (χ4v) is 2.00. The van der Waals surface area contributed by atoms with E-state index in [1.807, 2.05) is 0 Å². The van der Waals surface area contributed by atoms with Crippen molar-refractivity contribution in [3.8, 4) is 0 Å². The fourth-order valence-electron chi connectivity index (χ4n) is 2.00. The molecule has 0 spiro atoms. The lowest BCUT2D eigenvalue weighted by atomic mass is 9.99. The van der Waals surface area contributed by atoms with Gasteiger partial charge in [0.15, 0.2) is 5.78 Å². The maximum absolute atomic E-state index is 13.3. The van der Waals surface area contributed by atoms with E-state index in [-0.39, 0.29) is 19.3 Å². The van der Waals surface area contributed by atoms with Crippen molar-refractivity contribution in [2.45, 2.75) is 51.7 Å². The molecule has 24 heavy (non-hydrogen) atoms. The number of benzene rings is 1. The Hall–Kier alpha value is -2.44. The van der Waals surface area contributed by atoms with Crippen molar-refractivity contribution >= 4 is 17.8 Å². The summed E-state index contributed by atoms with van der Waals surface area (Å²) in [4.78, 5) is 34.7. The van der Waals surface area contributed by atoms with E-state index in [2.05, 4.69) is 5.32 Å². The SMILES string of the molecule is CC(C)(C)OC(=O)N[C@@H](Cc1cccc(F)c1)C(=O)CCC(=O)O. The third kappa shape index (κ3) is 7.71. The predicted molar refractivity (Wildman–Crippen MR) is 85.1 cm³/mol. The standard InChI is InChI=1S/C17H22FNO5/c1-17(2,3)24-16(23)19-13(14(20)7-8-15(21)22)10-11-5-4-6-12(18)9-11/h4-6,9,13H,7-8,10H2,1-3H3,(H,19,23)(H,21,22)/t13-/m0/s1. The van der Waals surface area contributed by atoms with E-state index in [4.69, 9.17) is 9.84 Å². The number of carbonyl (C=O) groups excluding carboxylic acids is 2. The Bertz CT molecular complexity index is 609. The number of hydrogen-bond acceptors (Lipinski definition) is 4. The number of amides is 1. The molecule has 0 fully saturated rings. The van der Waals surface area contributed by atoms with Crippen molar-refractivity contribution in [1.29, 1.82) is 0 Å². The molecule has 6 nitrogen and oxygen atoms in total. The first-order valence-electron chi connectivity index (χ1n) is 7.55. The van der Waals surface area contributed by atoms with Crippen LogP contribution in [0.25, 0.3) is 0 Å². The number of nitrogens with one attached hydrogen (secondary N) is 1. The van der Waals surface area contributed by atoms with Gasteiger partial charge < -0.3 is 15.2 Å². The van der Waals surface area contributed by atoms with Crippen LogP contribution >= 0.6 is 0 Å². The summed E-state index contributed by atoms with van der Waals surface area (Å²) in [6.45, 7) is 5.04. The van der Waals surface area contributed by atoms with Crippen LogP contribution < -0.4 is 5.32 Å². The number of carboxylic acid groups (broad SMARTS) is 1. The van der Waals surface area contributed by atoms with Crippen molar-refractivity contribution in [2.24, 2.45) is 0 Å². The lowest BCUT2D eigenvalue weighted by molar-refractivity contribution is -0.138. The zero-order valence-corrected chi connectivity index (χ0v) is 14.0. The van der Waals surface area contributed by atoms with Gasteiger partial charge in [-0.3, -0.25) is 9.59 Å². The highest BCUT2D eigenvalue weighted by Gasteiger charge is 2.25. The van der Waals surface area contributed by atoms with Gasteiger partial charge in [0.05, 0.1) is 12.5 Å². The second-order valence-corrected chi connectivity index (χ2v) is 6.39. The summed E-state index contributed by atoms with van der Waals surface area (Å²) in [5.41, 5.74) is -0.225. The van der Waals surface area contributed by atoms with Gasteiger partial charge >= 0.3 is 12.1 Å². The highest BCUT2D eigenvalue weighted by molar-refractivity contribution is 5.89. The van der Waals surface area contributed by atoms with Crippen LogP contribution in [0.3, 0.4) is 0 Å². The topological polar surface area (TPSA) is 92.7 Å². The van der Waals surface area contributed by atoms with E-state index in [1.54, 1.807) is 26.8 Å². The predicted octanol–water partition coefficient (Wildman–Crippen LogP) is 2.70. The largest absolute Gasteiger partial charge is 0.481 e. The van der Waals surface area contributed by atoms with Gasteiger partial charge in [0, 0.05) is 6.42 Å². The summed E-state index contributed by atoms with van der Waals surface area (Å²) in [5, 5.41) is 11.1. The molecule has 0 saturated carbocycles. The van der Waals surface area contributed by atoms with Crippen molar-refractivity contribution in [3.63, 3.8) is 0 Å². The summed E-state index contributed by atoms with van der Waals surface area (Å²) >= 11 is 0. The first kappa shape index (κ1) is 19.6. The minimum absolute atomic E-state index is 0.0510. The summed E-state index contributed by atoms with van der Waals surface area (Å²) in [5.74, 6) is -2.01. The molecule has 2 N–H and O–H groups in total. The number of ether oxygens (including phenoxy) is 1. The van der Waals surface area contributed by atoms with Crippen molar-refractivity contribution in [3.05, 3.63) is 35.6 Å². The Morgan fingerprint density at radius 3 is 2.46 bits per heavy atom. The molecular formula is C17H22FNO5. The molecule has 7 heteroatoms. The van der Waals surface area contributed by atoms with E-state index >= 15 is 0 Å². The van der Waals surface area contributed by atoms with Gasteiger partial charge in [-0.25, -0.2) is 9.18 Å². The van der Waals surface area contributed by atoms with Crippen molar-refractivity contribution < 1.29 is 28.6 Å². The quantitative estimate of drug-likeness (QED) is 0.797. The lowest BCUT2D eigenvalue weighted by Crippen LogP contribution is -2.44. The monoisotopic (exact) mass is 339 g/mol. The van der Waals surface area contributed by atoms with Gasteiger partial charge in [-0.2, -0.15) is 0 Å². The molecule has 0 unspecified atom stereocenters. The summed E-state index contributed by atoms with van der Waals surface area (Å²) in [6.07, 6.45) is -1.30. The minimum Gasteiger partial charge on any atom is -0.481 e. The zero-order chi connectivity index (χ0) is 18.3. The van der Waals surface area contributed by atoms with E-state index in [1.165, 1.54) is 18.2 Å². The van der Waals surface area contributed by atoms with Crippen LogP contribution in [0.15, 0.2) is 24.3 Å². The van der Waals surface area contributed by atoms with Crippen LogP contribution in [0, 0.1) is 5.82 Å². The van der Waals surface area contributed by atoms with Gasteiger partial charge in [-0.05, 0) is 44.9 Å². The van der Waals surface area contributed by atoms with Crippen LogP contribution in [0.4, 0.5) is 9.18 Å². The van der Waals surface area contributed by atoms with Gasteiger partial charge in [0.2, 0.25) is 0 Å². The van der Waals surface area contributed by atoms with Gasteiger partial charge in [0.25, 0.3) is 0 Å². The number of aliphatic carboxylic acids is 1. The number of halogens is 1. The second-order valence-electron chi connectivity index (χ2n) is 6.39. The van der Waals surface area contributed by atoms with Gasteiger partial charge in [-0.1, -0.05) is 12.1 Å². The summed E-state index contributed by atoms with van der Waals surface area (Å²) in [7, 11) is 0. The molecule has 1 amide bonds. The molecule has 0 heterocycles. The molecule has 0 aliphatic heterocycles. The molecule has 132 valence electrons. The van der Waals surface area contributed by atoms with Crippen LogP contribution in [-0.4, -0.2) is 34.6 Å². The summed E-state index contributed by atoms with van der Waals surface area (Å²) in [6, 6.07) is 4.66. The highest BCUT2D eigenvalue weighted by atomic mass is 19.1. The van der Waals surface area contributed by atoms with E-state index in [9.17, 15) is 18.8 Å². The molecular weight excluding hydrogens is 317 g/mol. The minimum atomic E-state index is -1.11. The number of rotatable bonds is 7. The molecule has 1 rings (SSSR count). The third-order valence-electron chi connectivity index (χ3n) is 2.99. The first-order chi connectivity index (χ1) is 11.1. The molecule has 0 bridgehead atoms. The number of carboxylic acids is 1. The second kappa shape index (κ2) is 8.42. The molecule has 1 aromatic rings. The van der Waals surface area contributed by atoms with Gasteiger partial charge in [-0.15, -0.1) is 0 Å². The fraction of sp³-hybridized carbons (Fsp3) is 0.471. The Morgan fingerprint density at radius 1 is 1.25 bits per heavy atom. The summed E-state index contributed by atoms with van der Waals surface area (Å²) < 4.78 is 18.4. The Kier molecular flexibility index (Phi) is 6.88. The van der Waals surface area contributed by atoms with E-state index in [0.717, 1.165) is 0 Å². The van der Waals surface area contributed by atoms with Crippen molar-refractivity contribution in [2.75, 3.05) is 0 Å². The normalized spacial score (nSPS) is 12.3. The molecule has 1 atom stereocenters. The Labute approximate surface area is 140 Å². The smallest absolute Gasteiger partial charge is 0.408 e. The molecule has 0 saturated heterocycles. The van der Waals surface area contributed by atoms with Gasteiger partial charge in [0.1, 0.15) is 11.4 Å². The van der Waals surface area contributed by atoms with Crippen molar-refractivity contribution in [1.82, 2.24) is 5.32 Å². The molecule has 0 aromatic heterocycles. The van der Waals surface area contributed by atoms with Crippen LogP contribution in [0.5, 0.6) is 0 Å². The maximum Gasteiger partial charge on any atom is 0.408 e. The Balaban J connectivity index is 2.83. The maximum atomic E-state index is 13.3. The molecule has 0 aliphatic rings. The number of ketones is 1.